The van der Waals surface area contributed by atoms with Gasteiger partial charge in [-0.2, -0.15) is 12.6 Å². The first-order valence-corrected chi connectivity index (χ1v) is 11.5. The van der Waals surface area contributed by atoms with Crippen LogP contribution in [0.25, 0.3) is 0 Å². The topological polar surface area (TPSA) is 217 Å². The predicted octanol–water partition coefficient (Wildman–Crippen LogP) is -1.53. The van der Waals surface area contributed by atoms with Gasteiger partial charge in [0, 0.05) is 24.1 Å². The molecule has 4 atom stereocenters. The highest BCUT2D eigenvalue weighted by atomic mass is 32.1. The number of carbonyl (C=O) groups excluding carboxylic acids is 3. The van der Waals surface area contributed by atoms with E-state index in [1.807, 2.05) is 30.3 Å². The molecular weight excluding hydrogens is 492 g/mol. The number of hydrogen-bond donors (Lipinski definition) is 8. The third-order valence-corrected chi connectivity index (χ3v) is 5.42. The Kier molecular flexibility index (Phi) is 10.9. The first-order valence-electron chi connectivity index (χ1n) is 10.8. The molecule has 0 saturated carbocycles. The van der Waals surface area contributed by atoms with Gasteiger partial charge in [0.2, 0.25) is 17.7 Å². The van der Waals surface area contributed by atoms with Crippen molar-refractivity contribution >= 4 is 42.3 Å². The summed E-state index contributed by atoms with van der Waals surface area (Å²) in [6.45, 7) is 0. The van der Waals surface area contributed by atoms with Crippen molar-refractivity contribution in [3.63, 3.8) is 0 Å². The van der Waals surface area contributed by atoms with E-state index in [4.69, 9.17) is 15.9 Å². The lowest BCUT2D eigenvalue weighted by Crippen LogP contribution is -2.58. The fraction of sp³-hybridized carbons (Fsp3) is 0.364. The molecule has 8 N–H and O–H groups in total. The lowest BCUT2D eigenvalue weighted by Gasteiger charge is -2.24. The molecule has 2 aromatic rings. The number of aromatic nitrogens is 2. The van der Waals surface area contributed by atoms with E-state index >= 15 is 0 Å². The summed E-state index contributed by atoms with van der Waals surface area (Å²) >= 11 is 4.03. The van der Waals surface area contributed by atoms with Crippen LogP contribution in [0.1, 0.15) is 17.7 Å². The molecule has 194 valence electrons. The Morgan fingerprint density at radius 2 is 1.53 bits per heavy atom. The number of thiol groups is 1. The number of benzene rings is 1. The van der Waals surface area contributed by atoms with Crippen LogP contribution in [0.2, 0.25) is 0 Å². The highest BCUT2D eigenvalue weighted by molar-refractivity contribution is 7.80. The SMILES string of the molecule is NC(Cc1ccccc1)C(=O)NC(Cc1cnc[nH]1)C(=O)NC(CS)C(=O)NC(CC(=O)O)C(=O)O. The summed E-state index contributed by atoms with van der Waals surface area (Å²) in [7, 11) is 0. The van der Waals surface area contributed by atoms with Crippen LogP contribution < -0.4 is 21.7 Å². The van der Waals surface area contributed by atoms with Crippen molar-refractivity contribution in [2.45, 2.75) is 43.4 Å². The van der Waals surface area contributed by atoms with Gasteiger partial charge in [-0.1, -0.05) is 30.3 Å². The second kappa shape index (κ2) is 13.8. The number of rotatable bonds is 14. The van der Waals surface area contributed by atoms with Gasteiger partial charge >= 0.3 is 11.9 Å². The summed E-state index contributed by atoms with van der Waals surface area (Å²) < 4.78 is 0. The molecule has 0 radical (unpaired) electrons. The number of nitrogens with one attached hydrogen (secondary N) is 4. The van der Waals surface area contributed by atoms with Crippen LogP contribution in [0, 0.1) is 0 Å². The number of aromatic amines is 1. The van der Waals surface area contributed by atoms with E-state index in [2.05, 4.69) is 38.5 Å². The van der Waals surface area contributed by atoms with Crippen molar-refractivity contribution in [2.75, 3.05) is 5.75 Å². The molecule has 3 amide bonds. The minimum absolute atomic E-state index is 0.00664. The zero-order valence-electron chi connectivity index (χ0n) is 19.1. The number of nitrogens with zero attached hydrogens (tertiary/aromatic N) is 1. The van der Waals surface area contributed by atoms with Gasteiger partial charge in [0.05, 0.1) is 18.8 Å². The average Bonchev–Trinajstić information content (AvgIpc) is 3.34. The molecular formula is C22H28N6O7S. The molecule has 0 aliphatic carbocycles. The zero-order chi connectivity index (χ0) is 26.7. The number of carboxylic acid groups (broad SMARTS) is 2. The normalized spacial score (nSPS) is 14.1. The van der Waals surface area contributed by atoms with E-state index in [0.29, 0.717) is 5.69 Å². The largest absolute Gasteiger partial charge is 0.481 e. The van der Waals surface area contributed by atoms with Crippen molar-refractivity contribution in [2.24, 2.45) is 5.73 Å². The van der Waals surface area contributed by atoms with Crippen LogP contribution in [0.4, 0.5) is 0 Å². The van der Waals surface area contributed by atoms with Crippen LogP contribution >= 0.6 is 12.6 Å². The molecule has 0 spiro atoms. The summed E-state index contributed by atoms with van der Waals surface area (Å²) in [5.74, 6) is -5.51. The highest BCUT2D eigenvalue weighted by Crippen LogP contribution is 2.05. The van der Waals surface area contributed by atoms with Gasteiger partial charge in [0.15, 0.2) is 0 Å². The first-order chi connectivity index (χ1) is 17.1. The van der Waals surface area contributed by atoms with Gasteiger partial charge in [-0.15, -0.1) is 0 Å². The van der Waals surface area contributed by atoms with E-state index in [-0.39, 0.29) is 18.6 Å². The molecule has 0 fully saturated rings. The molecule has 1 heterocycles. The fourth-order valence-electron chi connectivity index (χ4n) is 3.18. The Bertz CT molecular complexity index is 1050. The summed E-state index contributed by atoms with van der Waals surface area (Å²) in [5, 5.41) is 25.0. The minimum atomic E-state index is -1.70. The monoisotopic (exact) mass is 520 g/mol. The Hall–Kier alpha value is -3.91. The summed E-state index contributed by atoms with van der Waals surface area (Å²) in [5.41, 5.74) is 7.38. The maximum Gasteiger partial charge on any atom is 0.326 e. The number of imidazole rings is 1. The van der Waals surface area contributed by atoms with Gasteiger partial charge in [-0.25, -0.2) is 9.78 Å². The van der Waals surface area contributed by atoms with Gasteiger partial charge in [0.1, 0.15) is 18.1 Å². The Morgan fingerprint density at radius 1 is 0.917 bits per heavy atom. The molecule has 0 aliphatic heterocycles. The lowest BCUT2D eigenvalue weighted by molar-refractivity contribution is -0.147. The number of carbonyl (C=O) groups is 5. The van der Waals surface area contributed by atoms with Crippen LogP contribution in [0.15, 0.2) is 42.9 Å². The van der Waals surface area contributed by atoms with E-state index in [0.717, 1.165) is 5.56 Å². The van der Waals surface area contributed by atoms with Crippen molar-refractivity contribution < 1.29 is 34.2 Å². The van der Waals surface area contributed by atoms with Crippen LogP contribution in [-0.2, 0) is 36.8 Å². The number of H-pyrrole nitrogens is 1. The van der Waals surface area contributed by atoms with Crippen LogP contribution in [-0.4, -0.2) is 79.8 Å². The van der Waals surface area contributed by atoms with Gasteiger partial charge in [-0.3, -0.25) is 19.2 Å². The number of amides is 3. The van der Waals surface area contributed by atoms with E-state index in [1.165, 1.54) is 12.5 Å². The fourth-order valence-corrected chi connectivity index (χ4v) is 3.44. The lowest BCUT2D eigenvalue weighted by atomic mass is 10.0. The molecule has 4 unspecified atom stereocenters. The zero-order valence-corrected chi connectivity index (χ0v) is 20.0. The van der Waals surface area contributed by atoms with Crippen LogP contribution in [0.3, 0.4) is 0 Å². The molecule has 1 aromatic carbocycles. The second-order valence-corrected chi connectivity index (χ2v) is 8.24. The number of aliphatic carboxylic acids is 2. The van der Waals surface area contributed by atoms with Crippen molar-refractivity contribution in [1.82, 2.24) is 25.9 Å². The molecule has 14 heteroatoms. The third kappa shape index (κ3) is 9.03. The van der Waals surface area contributed by atoms with Gasteiger partial charge in [-0.05, 0) is 12.0 Å². The van der Waals surface area contributed by atoms with Crippen molar-refractivity contribution in [3.8, 4) is 0 Å². The van der Waals surface area contributed by atoms with E-state index < -0.39 is 60.2 Å². The molecule has 0 aliphatic rings. The number of nitrogens with two attached hydrogens (primary N) is 1. The maximum atomic E-state index is 13.0. The van der Waals surface area contributed by atoms with E-state index in [1.54, 1.807) is 0 Å². The van der Waals surface area contributed by atoms with Crippen molar-refractivity contribution in [3.05, 3.63) is 54.1 Å². The summed E-state index contributed by atoms with van der Waals surface area (Å²) in [6, 6.07) is 3.93. The molecule has 1 aromatic heterocycles. The molecule has 13 nitrogen and oxygen atoms in total. The molecule has 2 rings (SSSR count). The Balaban J connectivity index is 2.10. The second-order valence-electron chi connectivity index (χ2n) is 7.88. The minimum Gasteiger partial charge on any atom is -0.481 e. The first kappa shape index (κ1) is 28.3. The standard InChI is InChI=1S/C22H28N6O7S/c23-14(6-12-4-2-1-3-5-12)19(31)26-15(7-13-9-24-11-25-13)20(32)28-17(10-36)21(33)27-16(22(34)35)8-18(29)30/h1-5,9,11,14-17,36H,6-8,10,23H2,(H,24,25)(H,26,31)(H,27,33)(H,28,32)(H,29,30)(H,34,35). The highest BCUT2D eigenvalue weighted by Gasteiger charge is 2.31. The Morgan fingerprint density at radius 3 is 2.08 bits per heavy atom. The average molecular weight is 521 g/mol. The predicted molar refractivity (Wildman–Crippen MR) is 130 cm³/mol. The van der Waals surface area contributed by atoms with Crippen LogP contribution in [0.5, 0.6) is 0 Å². The molecule has 0 bridgehead atoms. The third-order valence-electron chi connectivity index (χ3n) is 5.06. The number of carboxylic acids is 2. The van der Waals surface area contributed by atoms with Crippen molar-refractivity contribution in [1.29, 1.82) is 0 Å². The smallest absolute Gasteiger partial charge is 0.326 e. The Labute approximate surface area is 211 Å². The van der Waals surface area contributed by atoms with Gasteiger partial charge < -0.3 is 36.9 Å². The van der Waals surface area contributed by atoms with E-state index in [9.17, 15) is 24.0 Å². The van der Waals surface area contributed by atoms with Gasteiger partial charge in [0.25, 0.3) is 0 Å². The molecule has 0 saturated heterocycles. The summed E-state index contributed by atoms with van der Waals surface area (Å²) in [4.78, 5) is 67.1. The molecule has 36 heavy (non-hydrogen) atoms. The maximum absolute atomic E-state index is 13.0. The quantitative estimate of drug-likeness (QED) is 0.135. The summed E-state index contributed by atoms with van der Waals surface area (Å²) in [6.07, 6.45) is 2.22. The number of hydrogen-bond acceptors (Lipinski definition) is 8.